The lowest BCUT2D eigenvalue weighted by molar-refractivity contribution is 0.445. The molecule has 0 spiro atoms. The van der Waals surface area contributed by atoms with Crippen LogP contribution in [0.5, 0.6) is 0 Å². The van der Waals surface area contributed by atoms with Crippen LogP contribution in [-0.2, 0) is 10.0 Å². The van der Waals surface area contributed by atoms with Crippen molar-refractivity contribution in [2.75, 3.05) is 39.0 Å². The molecular formula is C16H27IN4O2S. The van der Waals surface area contributed by atoms with Crippen LogP contribution in [0, 0.1) is 0 Å². The Morgan fingerprint density at radius 2 is 2.00 bits per heavy atom. The summed E-state index contributed by atoms with van der Waals surface area (Å²) in [7, 11) is -1.30. The van der Waals surface area contributed by atoms with E-state index in [2.05, 4.69) is 34.7 Å². The van der Waals surface area contributed by atoms with Crippen molar-refractivity contribution in [1.29, 1.82) is 0 Å². The maximum Gasteiger partial charge on any atom is 0.214 e. The highest BCUT2D eigenvalue weighted by molar-refractivity contribution is 14.0. The summed E-state index contributed by atoms with van der Waals surface area (Å²) in [4.78, 5) is 4.18. The van der Waals surface area contributed by atoms with Crippen LogP contribution in [0.1, 0.15) is 24.8 Å². The Hall–Kier alpha value is -0.870. The average molecular weight is 466 g/mol. The van der Waals surface area contributed by atoms with Crippen LogP contribution in [0.15, 0.2) is 35.3 Å². The minimum Gasteiger partial charge on any atom is -0.356 e. The van der Waals surface area contributed by atoms with Gasteiger partial charge in [-0.1, -0.05) is 37.3 Å². The number of aliphatic imine (C=N–C) groups is 1. The number of sulfonamides is 1. The molecule has 24 heavy (non-hydrogen) atoms. The summed E-state index contributed by atoms with van der Waals surface area (Å²) in [6.45, 7) is 4.59. The highest BCUT2D eigenvalue weighted by atomic mass is 127. The van der Waals surface area contributed by atoms with E-state index in [-0.39, 0.29) is 29.7 Å². The van der Waals surface area contributed by atoms with Crippen molar-refractivity contribution in [3.05, 3.63) is 35.9 Å². The molecule has 1 fully saturated rings. The number of hydrogen-bond donors (Lipinski definition) is 2. The van der Waals surface area contributed by atoms with Crippen LogP contribution in [-0.4, -0.2) is 57.7 Å². The summed E-state index contributed by atoms with van der Waals surface area (Å²) < 4.78 is 25.0. The molecule has 1 aliphatic heterocycles. The first-order valence-electron chi connectivity index (χ1n) is 8.00. The Bertz CT molecular complexity index is 622. The largest absolute Gasteiger partial charge is 0.356 e. The van der Waals surface area contributed by atoms with Gasteiger partial charge in [-0.3, -0.25) is 4.99 Å². The fourth-order valence-corrected chi connectivity index (χ4v) is 4.14. The molecule has 0 saturated carbocycles. The van der Waals surface area contributed by atoms with Crippen molar-refractivity contribution in [3.63, 3.8) is 0 Å². The van der Waals surface area contributed by atoms with Crippen molar-refractivity contribution in [3.8, 4) is 0 Å². The third kappa shape index (κ3) is 6.21. The highest BCUT2D eigenvalue weighted by Gasteiger charge is 2.27. The third-order valence-electron chi connectivity index (χ3n) is 4.02. The van der Waals surface area contributed by atoms with Crippen molar-refractivity contribution in [1.82, 2.24) is 14.9 Å². The molecule has 8 heteroatoms. The normalized spacial score (nSPS) is 18.7. The van der Waals surface area contributed by atoms with E-state index in [9.17, 15) is 8.42 Å². The number of hydrogen-bond acceptors (Lipinski definition) is 3. The monoisotopic (exact) mass is 466 g/mol. The zero-order valence-electron chi connectivity index (χ0n) is 14.2. The van der Waals surface area contributed by atoms with E-state index < -0.39 is 10.0 Å². The topological polar surface area (TPSA) is 73.8 Å². The number of rotatable bonds is 6. The van der Waals surface area contributed by atoms with E-state index in [1.807, 2.05) is 18.2 Å². The van der Waals surface area contributed by atoms with Gasteiger partial charge in [0.05, 0.1) is 5.75 Å². The van der Waals surface area contributed by atoms with Gasteiger partial charge in [-0.05, 0) is 17.9 Å². The minimum absolute atomic E-state index is 0. The van der Waals surface area contributed by atoms with Gasteiger partial charge in [0, 0.05) is 33.2 Å². The van der Waals surface area contributed by atoms with Gasteiger partial charge < -0.3 is 10.6 Å². The molecule has 1 heterocycles. The molecule has 1 aromatic carbocycles. The van der Waals surface area contributed by atoms with E-state index in [1.165, 1.54) is 5.56 Å². The molecule has 0 aliphatic carbocycles. The first kappa shape index (κ1) is 21.2. The summed E-state index contributed by atoms with van der Waals surface area (Å²) in [5, 5.41) is 6.46. The lowest BCUT2D eigenvalue weighted by Gasteiger charge is -2.18. The number of nitrogens with one attached hydrogen (secondary N) is 2. The van der Waals surface area contributed by atoms with Crippen LogP contribution >= 0.6 is 24.0 Å². The van der Waals surface area contributed by atoms with Gasteiger partial charge in [0.2, 0.25) is 10.0 Å². The molecule has 136 valence electrons. The zero-order valence-corrected chi connectivity index (χ0v) is 17.4. The number of benzene rings is 1. The maximum atomic E-state index is 11.7. The number of halogens is 1. The zero-order chi connectivity index (χ0) is 16.7. The van der Waals surface area contributed by atoms with Crippen LogP contribution < -0.4 is 10.6 Å². The molecule has 0 bridgehead atoms. The van der Waals surface area contributed by atoms with Crippen LogP contribution in [0.2, 0.25) is 0 Å². The van der Waals surface area contributed by atoms with Crippen LogP contribution in [0.3, 0.4) is 0 Å². The first-order valence-corrected chi connectivity index (χ1v) is 9.61. The quantitative estimate of drug-likeness (QED) is 0.380. The second-order valence-corrected chi connectivity index (χ2v) is 7.85. The van der Waals surface area contributed by atoms with Gasteiger partial charge in [-0.15, -0.1) is 24.0 Å². The second-order valence-electron chi connectivity index (χ2n) is 5.76. The molecule has 1 aliphatic rings. The molecule has 1 saturated heterocycles. The van der Waals surface area contributed by atoms with Crippen molar-refractivity contribution < 1.29 is 8.42 Å². The first-order chi connectivity index (χ1) is 11.0. The van der Waals surface area contributed by atoms with Gasteiger partial charge in [0.1, 0.15) is 0 Å². The summed E-state index contributed by atoms with van der Waals surface area (Å²) in [5.74, 6) is 1.34. The SMILES string of the molecule is CN=C(NCCN1CCCS1(=O)=O)NCC(C)c1ccccc1.I. The maximum absolute atomic E-state index is 11.7. The number of nitrogens with zero attached hydrogens (tertiary/aromatic N) is 2. The van der Waals surface area contributed by atoms with E-state index in [1.54, 1.807) is 11.4 Å². The molecule has 0 amide bonds. The van der Waals surface area contributed by atoms with Crippen molar-refractivity contribution >= 4 is 40.0 Å². The summed E-state index contributed by atoms with van der Waals surface area (Å²) in [5.41, 5.74) is 1.28. The minimum atomic E-state index is -3.02. The van der Waals surface area contributed by atoms with Gasteiger partial charge in [0.15, 0.2) is 5.96 Å². The Morgan fingerprint density at radius 3 is 2.58 bits per heavy atom. The van der Waals surface area contributed by atoms with Crippen molar-refractivity contribution in [2.24, 2.45) is 4.99 Å². The predicted molar refractivity (Wildman–Crippen MR) is 110 cm³/mol. The standard InChI is InChI=1S/C16H26N4O2S.HI/c1-14(15-7-4-3-5-8-15)13-19-16(17-2)18-9-11-20-10-6-12-23(20,21)22;/h3-5,7-8,14H,6,9-13H2,1-2H3,(H2,17,18,19);1H. The molecular weight excluding hydrogens is 439 g/mol. The molecule has 1 atom stereocenters. The lowest BCUT2D eigenvalue weighted by Crippen LogP contribution is -2.42. The van der Waals surface area contributed by atoms with Gasteiger partial charge >= 0.3 is 0 Å². The fraction of sp³-hybridized carbons (Fsp3) is 0.562. The van der Waals surface area contributed by atoms with E-state index in [0.717, 1.165) is 13.0 Å². The Morgan fingerprint density at radius 1 is 1.29 bits per heavy atom. The summed E-state index contributed by atoms with van der Waals surface area (Å²) in [6.07, 6.45) is 0.726. The summed E-state index contributed by atoms with van der Waals surface area (Å²) in [6, 6.07) is 10.3. The van der Waals surface area contributed by atoms with Crippen molar-refractivity contribution in [2.45, 2.75) is 19.3 Å². The van der Waals surface area contributed by atoms with Crippen LogP contribution in [0.25, 0.3) is 0 Å². The Labute approximate surface area is 162 Å². The van der Waals surface area contributed by atoms with Crippen LogP contribution in [0.4, 0.5) is 0 Å². The number of guanidine groups is 1. The predicted octanol–water partition coefficient (Wildman–Crippen LogP) is 1.61. The third-order valence-corrected chi connectivity index (χ3v) is 5.98. The molecule has 1 aromatic rings. The molecule has 2 rings (SSSR count). The molecule has 6 nitrogen and oxygen atoms in total. The van der Waals surface area contributed by atoms with E-state index in [0.29, 0.717) is 31.5 Å². The second kappa shape index (κ2) is 10.2. The van der Waals surface area contributed by atoms with Gasteiger partial charge in [-0.2, -0.15) is 0 Å². The van der Waals surface area contributed by atoms with E-state index in [4.69, 9.17) is 0 Å². The Kier molecular flexibility index (Phi) is 8.99. The Balaban J connectivity index is 0.00000288. The smallest absolute Gasteiger partial charge is 0.214 e. The molecule has 1 unspecified atom stereocenters. The molecule has 2 N–H and O–H groups in total. The summed E-state index contributed by atoms with van der Waals surface area (Å²) >= 11 is 0. The average Bonchev–Trinajstić information content (AvgIpc) is 2.89. The fourth-order valence-electron chi connectivity index (χ4n) is 2.61. The molecule has 0 aromatic heterocycles. The lowest BCUT2D eigenvalue weighted by atomic mass is 10.0. The van der Waals surface area contributed by atoms with E-state index >= 15 is 0 Å². The van der Waals surface area contributed by atoms with Gasteiger partial charge in [-0.25, -0.2) is 12.7 Å². The molecule has 0 radical (unpaired) electrons. The highest BCUT2D eigenvalue weighted by Crippen LogP contribution is 2.13. The van der Waals surface area contributed by atoms with Gasteiger partial charge in [0.25, 0.3) is 0 Å².